The quantitative estimate of drug-likeness (QED) is 0.634. The third kappa shape index (κ3) is 13.1. The van der Waals surface area contributed by atoms with E-state index >= 15 is 0 Å². The van der Waals surface area contributed by atoms with Gasteiger partial charge in [0.1, 0.15) is 6.54 Å². The lowest BCUT2D eigenvalue weighted by Gasteiger charge is -2.23. The van der Waals surface area contributed by atoms with Crippen molar-refractivity contribution in [3.8, 4) is 0 Å². The van der Waals surface area contributed by atoms with Crippen molar-refractivity contribution in [3.05, 3.63) is 35.9 Å². The second-order valence-electron chi connectivity index (χ2n) is 4.67. The molecule has 1 aromatic rings. The van der Waals surface area contributed by atoms with E-state index < -0.39 is 10.1 Å². The summed E-state index contributed by atoms with van der Waals surface area (Å²) in [4.78, 5) is 0. The van der Waals surface area contributed by atoms with E-state index in [9.17, 15) is 8.42 Å². The van der Waals surface area contributed by atoms with Crippen molar-refractivity contribution in [2.24, 2.45) is 0 Å². The van der Waals surface area contributed by atoms with Crippen molar-refractivity contribution < 1.29 is 17.5 Å². The SMILES string of the molecule is CS(=O)(=O)O.C[N+](C)(C)Cc1ccccc1. The van der Waals surface area contributed by atoms with E-state index in [1.165, 1.54) is 5.56 Å². The van der Waals surface area contributed by atoms with Gasteiger partial charge >= 0.3 is 0 Å². The zero-order valence-electron chi connectivity index (χ0n) is 10.2. The Labute approximate surface area is 97.9 Å². The fourth-order valence-electron chi connectivity index (χ4n) is 1.13. The fourth-order valence-corrected chi connectivity index (χ4v) is 1.13. The van der Waals surface area contributed by atoms with E-state index in [1.807, 2.05) is 0 Å². The lowest BCUT2D eigenvalue weighted by atomic mass is 10.2. The molecular formula is C11H20NO3S+. The van der Waals surface area contributed by atoms with E-state index in [4.69, 9.17) is 4.55 Å². The highest BCUT2D eigenvalue weighted by Crippen LogP contribution is 2.05. The predicted molar refractivity (Wildman–Crippen MR) is 65.7 cm³/mol. The molecule has 0 heterocycles. The number of hydrogen-bond donors (Lipinski definition) is 1. The Morgan fingerprint density at radius 3 is 1.81 bits per heavy atom. The van der Waals surface area contributed by atoms with E-state index in [1.54, 1.807) is 0 Å². The van der Waals surface area contributed by atoms with Gasteiger partial charge in [-0.25, -0.2) is 0 Å². The summed E-state index contributed by atoms with van der Waals surface area (Å²) >= 11 is 0. The van der Waals surface area contributed by atoms with E-state index in [0.717, 1.165) is 11.0 Å². The van der Waals surface area contributed by atoms with Crippen LogP contribution >= 0.6 is 0 Å². The van der Waals surface area contributed by atoms with Crippen molar-refractivity contribution in [2.45, 2.75) is 6.54 Å². The van der Waals surface area contributed by atoms with Gasteiger partial charge in [-0.2, -0.15) is 8.42 Å². The first kappa shape index (κ1) is 15.1. The lowest BCUT2D eigenvalue weighted by Crippen LogP contribution is -2.33. The maximum absolute atomic E-state index is 9.19. The maximum atomic E-state index is 9.19. The van der Waals surface area contributed by atoms with E-state index in [-0.39, 0.29) is 0 Å². The van der Waals surface area contributed by atoms with Gasteiger partial charge in [0.25, 0.3) is 10.1 Å². The minimum atomic E-state index is -3.67. The third-order valence-corrected chi connectivity index (χ3v) is 1.50. The molecule has 0 aliphatic heterocycles. The molecule has 0 atom stereocenters. The van der Waals surface area contributed by atoms with Crippen molar-refractivity contribution in [1.82, 2.24) is 0 Å². The summed E-state index contributed by atoms with van der Waals surface area (Å²) in [5.74, 6) is 0. The summed E-state index contributed by atoms with van der Waals surface area (Å²) in [7, 11) is 2.94. The number of rotatable bonds is 2. The molecule has 1 aromatic carbocycles. The van der Waals surface area contributed by atoms with Crippen LogP contribution in [0.25, 0.3) is 0 Å². The fraction of sp³-hybridized carbons (Fsp3) is 0.455. The normalized spacial score (nSPS) is 11.6. The average Bonchev–Trinajstić information content (AvgIpc) is 1.99. The molecule has 0 saturated carbocycles. The standard InChI is InChI=1S/C10H16N.CH4O3S/c1-11(2,3)9-10-7-5-4-6-8-10;1-5(2,3)4/h4-8H,9H2,1-3H3;1H3,(H,2,3,4)/q+1;. The maximum Gasteiger partial charge on any atom is 0.261 e. The van der Waals surface area contributed by atoms with E-state index in [0.29, 0.717) is 6.26 Å². The number of nitrogens with zero attached hydrogens (tertiary/aromatic N) is 1. The van der Waals surface area contributed by atoms with Gasteiger partial charge in [-0.05, 0) is 0 Å². The van der Waals surface area contributed by atoms with Crippen LogP contribution in [0.4, 0.5) is 0 Å². The second kappa shape index (κ2) is 5.98. The molecule has 1 N–H and O–H groups in total. The molecule has 0 spiro atoms. The van der Waals surface area contributed by atoms with Gasteiger partial charge in [0.05, 0.1) is 27.4 Å². The Morgan fingerprint density at radius 2 is 1.50 bits per heavy atom. The smallest absolute Gasteiger partial charge is 0.261 e. The molecule has 5 heteroatoms. The topological polar surface area (TPSA) is 54.4 Å². The minimum Gasteiger partial charge on any atom is -0.327 e. The Hall–Kier alpha value is -0.910. The molecule has 0 aliphatic rings. The molecule has 0 radical (unpaired) electrons. The summed E-state index contributed by atoms with van der Waals surface area (Å²) in [6, 6.07) is 10.6. The molecule has 1 rings (SSSR count). The predicted octanol–water partition coefficient (Wildman–Crippen LogP) is 1.40. The summed E-state index contributed by atoms with van der Waals surface area (Å²) in [6.45, 7) is 1.10. The zero-order chi connectivity index (χ0) is 12.8. The third-order valence-electron chi connectivity index (χ3n) is 1.50. The summed E-state index contributed by atoms with van der Waals surface area (Å²) in [5.41, 5.74) is 1.40. The van der Waals surface area contributed by atoms with Crippen LogP contribution in [0.15, 0.2) is 30.3 Å². The largest absolute Gasteiger partial charge is 0.327 e. The molecule has 0 amide bonds. The molecule has 92 valence electrons. The van der Waals surface area contributed by atoms with Crippen LogP contribution in [0.2, 0.25) is 0 Å². The molecular weight excluding hydrogens is 226 g/mol. The van der Waals surface area contributed by atoms with Crippen LogP contribution in [0.1, 0.15) is 5.56 Å². The highest BCUT2D eigenvalue weighted by molar-refractivity contribution is 7.85. The molecule has 16 heavy (non-hydrogen) atoms. The van der Waals surface area contributed by atoms with Gasteiger partial charge in [0.15, 0.2) is 0 Å². The summed E-state index contributed by atoms with van der Waals surface area (Å²) in [5, 5.41) is 0. The van der Waals surface area contributed by atoms with Crippen LogP contribution < -0.4 is 0 Å². The molecule has 0 unspecified atom stereocenters. The zero-order valence-corrected chi connectivity index (χ0v) is 11.0. The van der Waals surface area contributed by atoms with Gasteiger partial charge in [-0.3, -0.25) is 4.55 Å². The molecule has 0 bridgehead atoms. The van der Waals surface area contributed by atoms with Gasteiger partial charge in [-0.15, -0.1) is 0 Å². The Bertz CT molecular complexity index is 385. The summed E-state index contributed by atoms with van der Waals surface area (Å²) in [6.07, 6.45) is 0.715. The molecule has 0 aromatic heterocycles. The van der Waals surface area contributed by atoms with Gasteiger partial charge in [-0.1, -0.05) is 30.3 Å². The first-order valence-electron chi connectivity index (χ1n) is 4.85. The first-order valence-corrected chi connectivity index (χ1v) is 6.69. The van der Waals surface area contributed by atoms with Crippen molar-refractivity contribution in [1.29, 1.82) is 0 Å². The number of quaternary nitrogens is 1. The number of benzene rings is 1. The monoisotopic (exact) mass is 246 g/mol. The average molecular weight is 246 g/mol. The molecule has 0 aliphatic carbocycles. The number of hydrogen-bond acceptors (Lipinski definition) is 2. The molecule has 4 nitrogen and oxygen atoms in total. The lowest BCUT2D eigenvalue weighted by molar-refractivity contribution is -0.884. The Kier molecular flexibility index (Phi) is 5.64. The van der Waals surface area contributed by atoms with Gasteiger partial charge in [0.2, 0.25) is 0 Å². The van der Waals surface area contributed by atoms with Crippen LogP contribution in [0.5, 0.6) is 0 Å². The van der Waals surface area contributed by atoms with Crippen LogP contribution in [-0.4, -0.2) is 44.9 Å². The Balaban J connectivity index is 0.000000385. The molecule has 0 fully saturated rings. The minimum absolute atomic E-state index is 0.715. The second-order valence-corrected chi connectivity index (χ2v) is 6.13. The van der Waals surface area contributed by atoms with Gasteiger partial charge in [0, 0.05) is 5.56 Å². The van der Waals surface area contributed by atoms with Crippen molar-refractivity contribution in [2.75, 3.05) is 27.4 Å². The molecule has 0 saturated heterocycles. The van der Waals surface area contributed by atoms with Crippen LogP contribution in [0.3, 0.4) is 0 Å². The highest BCUT2D eigenvalue weighted by Gasteiger charge is 2.06. The van der Waals surface area contributed by atoms with Crippen molar-refractivity contribution >= 4 is 10.1 Å². The van der Waals surface area contributed by atoms with Crippen LogP contribution in [-0.2, 0) is 16.7 Å². The van der Waals surface area contributed by atoms with Crippen LogP contribution in [0, 0.1) is 0 Å². The highest BCUT2D eigenvalue weighted by atomic mass is 32.2. The van der Waals surface area contributed by atoms with Gasteiger partial charge < -0.3 is 4.48 Å². The van der Waals surface area contributed by atoms with Crippen molar-refractivity contribution in [3.63, 3.8) is 0 Å². The Morgan fingerprint density at radius 1 is 1.12 bits per heavy atom. The summed E-state index contributed by atoms with van der Waals surface area (Å²) < 4.78 is 26.9. The first-order chi connectivity index (χ1) is 7.08. The van der Waals surface area contributed by atoms with E-state index in [2.05, 4.69) is 51.5 Å².